The minimum Gasteiger partial charge on any atom is -0.380 e. The fourth-order valence-corrected chi connectivity index (χ4v) is 0.606. The Bertz CT molecular complexity index is 157. The first-order valence-corrected chi connectivity index (χ1v) is 3.89. The normalized spacial score (nSPS) is 13.5. The van der Waals surface area contributed by atoms with Gasteiger partial charge in [-0.2, -0.15) is 0 Å². The van der Waals surface area contributed by atoms with Crippen LogP contribution in [-0.4, -0.2) is 21.9 Å². The van der Waals surface area contributed by atoms with E-state index >= 15 is 0 Å². The summed E-state index contributed by atoms with van der Waals surface area (Å²) in [4.78, 5) is 0. The van der Waals surface area contributed by atoms with Gasteiger partial charge in [0.05, 0.1) is 0 Å². The van der Waals surface area contributed by atoms with Crippen molar-refractivity contribution >= 4 is 0 Å². The van der Waals surface area contributed by atoms with Crippen LogP contribution in [0.3, 0.4) is 0 Å². The number of rotatable bonds is 2. The lowest BCUT2D eigenvalue weighted by molar-refractivity contribution is 0.142. The van der Waals surface area contributed by atoms with Gasteiger partial charge in [0, 0.05) is 0 Å². The van der Waals surface area contributed by atoms with Crippen LogP contribution in [0.4, 0.5) is 0 Å². The van der Waals surface area contributed by atoms with Crippen molar-refractivity contribution in [2.45, 2.75) is 45.3 Å². The van der Waals surface area contributed by atoms with Crippen LogP contribution in [0, 0.1) is 11.8 Å². The van der Waals surface area contributed by atoms with Crippen LogP contribution in [-0.2, 0) is 0 Å². The Balaban J connectivity index is 3.87. The fraction of sp³-hybridized carbons (Fsp3) is 0.778. The van der Waals surface area contributed by atoms with E-state index in [9.17, 15) is 0 Å². The molecule has 0 aliphatic rings. The lowest BCUT2D eigenvalue weighted by Gasteiger charge is -2.07. The number of aliphatic hydroxyl groups excluding tert-OH is 1. The minimum absolute atomic E-state index is 0.591. The van der Waals surface area contributed by atoms with E-state index in [4.69, 9.17) is 10.2 Å². The summed E-state index contributed by atoms with van der Waals surface area (Å²) in [6.07, 6.45) is 0.983. The van der Waals surface area contributed by atoms with Gasteiger partial charge in [0.25, 0.3) is 0 Å². The lowest BCUT2D eigenvalue weighted by Crippen LogP contribution is -2.16. The number of aliphatic hydroxyl groups is 2. The van der Waals surface area contributed by atoms with E-state index in [-0.39, 0.29) is 0 Å². The van der Waals surface area contributed by atoms with Gasteiger partial charge in [-0.15, -0.1) is 0 Å². The average molecular weight is 156 g/mol. The maximum absolute atomic E-state index is 9.15. The summed E-state index contributed by atoms with van der Waals surface area (Å²) in [7, 11) is 0. The first-order chi connectivity index (χ1) is 4.95. The molecular formula is C9H16O2. The quantitative estimate of drug-likeness (QED) is 0.584. The highest BCUT2D eigenvalue weighted by atomic mass is 16.3. The van der Waals surface area contributed by atoms with E-state index in [1.54, 1.807) is 13.8 Å². The predicted octanol–water partition coefficient (Wildman–Crippen LogP) is 0.922. The monoisotopic (exact) mass is 156 g/mol. The molecule has 1 atom stereocenters. The summed E-state index contributed by atoms with van der Waals surface area (Å²) in [6, 6.07) is 0. The zero-order valence-electron chi connectivity index (χ0n) is 7.39. The highest BCUT2D eigenvalue weighted by Gasteiger charge is 2.06. The molecular weight excluding hydrogens is 140 g/mol. The first-order valence-electron chi connectivity index (χ1n) is 3.89. The van der Waals surface area contributed by atoms with E-state index in [1.165, 1.54) is 0 Å². The van der Waals surface area contributed by atoms with Crippen LogP contribution in [0.2, 0.25) is 0 Å². The van der Waals surface area contributed by atoms with Crippen LogP contribution < -0.4 is 0 Å². The van der Waals surface area contributed by atoms with Crippen molar-refractivity contribution in [3.63, 3.8) is 0 Å². The summed E-state index contributed by atoms with van der Waals surface area (Å²) in [5.74, 6) is 5.14. The highest BCUT2D eigenvalue weighted by molar-refractivity contribution is 5.13. The van der Waals surface area contributed by atoms with Gasteiger partial charge in [-0.25, -0.2) is 0 Å². The van der Waals surface area contributed by atoms with Gasteiger partial charge in [-0.05, 0) is 20.3 Å². The Labute approximate surface area is 68.2 Å². The van der Waals surface area contributed by atoms with Crippen LogP contribution in [0.5, 0.6) is 0 Å². The standard InChI is InChI=1S/C9H16O2/c1-4-5-8(10)6-7-9(2,3)11/h8,10-11H,4-5H2,1-3H3/t8-/m1/s1. The van der Waals surface area contributed by atoms with Gasteiger partial charge in [0.1, 0.15) is 11.7 Å². The molecule has 0 aromatic carbocycles. The summed E-state index contributed by atoms with van der Waals surface area (Å²) >= 11 is 0. The van der Waals surface area contributed by atoms with Crippen molar-refractivity contribution < 1.29 is 10.2 Å². The summed E-state index contributed by atoms with van der Waals surface area (Å²) in [5, 5.41) is 18.3. The zero-order valence-corrected chi connectivity index (χ0v) is 7.39. The van der Waals surface area contributed by atoms with Crippen molar-refractivity contribution in [3.8, 4) is 11.8 Å². The van der Waals surface area contributed by atoms with E-state index in [2.05, 4.69) is 11.8 Å². The molecule has 0 saturated carbocycles. The van der Waals surface area contributed by atoms with E-state index < -0.39 is 11.7 Å². The maximum atomic E-state index is 9.15. The molecule has 2 nitrogen and oxygen atoms in total. The Hall–Kier alpha value is -0.520. The van der Waals surface area contributed by atoms with Gasteiger partial charge >= 0.3 is 0 Å². The molecule has 0 amide bonds. The highest BCUT2D eigenvalue weighted by Crippen LogP contribution is 1.99. The molecule has 0 fully saturated rings. The minimum atomic E-state index is -0.991. The van der Waals surface area contributed by atoms with E-state index in [1.807, 2.05) is 6.92 Å². The third-order valence-electron chi connectivity index (χ3n) is 1.11. The van der Waals surface area contributed by atoms with Gasteiger partial charge in [-0.3, -0.25) is 0 Å². The fourth-order valence-electron chi connectivity index (χ4n) is 0.606. The van der Waals surface area contributed by atoms with Crippen molar-refractivity contribution in [1.82, 2.24) is 0 Å². The Kier molecular flexibility index (Phi) is 4.17. The molecule has 0 bridgehead atoms. The second-order valence-corrected chi connectivity index (χ2v) is 3.13. The van der Waals surface area contributed by atoms with Crippen LogP contribution in [0.1, 0.15) is 33.6 Å². The summed E-state index contributed by atoms with van der Waals surface area (Å²) in [5.41, 5.74) is -0.991. The molecule has 0 aliphatic heterocycles. The average Bonchev–Trinajstić information content (AvgIpc) is 1.83. The molecule has 0 radical (unpaired) electrons. The number of hydrogen-bond donors (Lipinski definition) is 2. The number of hydrogen-bond acceptors (Lipinski definition) is 2. The molecule has 0 rings (SSSR count). The largest absolute Gasteiger partial charge is 0.380 e. The molecule has 0 saturated heterocycles. The molecule has 2 N–H and O–H groups in total. The molecule has 0 unspecified atom stereocenters. The van der Waals surface area contributed by atoms with Crippen LogP contribution in [0.25, 0.3) is 0 Å². The zero-order chi connectivity index (χ0) is 8.91. The second-order valence-electron chi connectivity index (χ2n) is 3.13. The SMILES string of the molecule is CCC[C@@H](O)C#CC(C)(C)O. The van der Waals surface area contributed by atoms with Crippen LogP contribution in [0.15, 0.2) is 0 Å². The maximum Gasteiger partial charge on any atom is 0.120 e. The van der Waals surface area contributed by atoms with Gasteiger partial charge in [0.15, 0.2) is 0 Å². The Morgan fingerprint density at radius 3 is 2.36 bits per heavy atom. The molecule has 0 aliphatic carbocycles. The molecule has 0 aromatic heterocycles. The smallest absolute Gasteiger partial charge is 0.120 e. The van der Waals surface area contributed by atoms with Gasteiger partial charge in [0.2, 0.25) is 0 Å². The molecule has 11 heavy (non-hydrogen) atoms. The third-order valence-corrected chi connectivity index (χ3v) is 1.11. The molecule has 2 heteroatoms. The summed E-state index contributed by atoms with van der Waals surface area (Å²) < 4.78 is 0. The van der Waals surface area contributed by atoms with Crippen molar-refractivity contribution in [2.75, 3.05) is 0 Å². The van der Waals surface area contributed by atoms with Crippen LogP contribution >= 0.6 is 0 Å². The summed E-state index contributed by atoms with van der Waals surface area (Å²) in [6.45, 7) is 5.17. The van der Waals surface area contributed by atoms with Crippen molar-refractivity contribution in [3.05, 3.63) is 0 Å². The van der Waals surface area contributed by atoms with Crippen molar-refractivity contribution in [1.29, 1.82) is 0 Å². The predicted molar refractivity (Wildman–Crippen MR) is 45.0 cm³/mol. The second kappa shape index (κ2) is 4.38. The molecule has 0 heterocycles. The molecule has 0 aromatic rings. The lowest BCUT2D eigenvalue weighted by atomic mass is 10.1. The first kappa shape index (κ1) is 10.5. The van der Waals surface area contributed by atoms with E-state index in [0.29, 0.717) is 6.42 Å². The van der Waals surface area contributed by atoms with Gasteiger partial charge < -0.3 is 10.2 Å². The Morgan fingerprint density at radius 1 is 1.45 bits per heavy atom. The van der Waals surface area contributed by atoms with E-state index in [0.717, 1.165) is 6.42 Å². The van der Waals surface area contributed by atoms with Gasteiger partial charge in [-0.1, -0.05) is 25.2 Å². The Morgan fingerprint density at radius 2 is 2.00 bits per heavy atom. The molecule has 64 valence electrons. The third kappa shape index (κ3) is 7.38. The topological polar surface area (TPSA) is 40.5 Å². The van der Waals surface area contributed by atoms with Crippen molar-refractivity contribution in [2.24, 2.45) is 0 Å². The molecule has 0 spiro atoms.